The van der Waals surface area contributed by atoms with Crippen LogP contribution in [0.1, 0.15) is 58.8 Å². The molecule has 1 saturated carbocycles. The summed E-state index contributed by atoms with van der Waals surface area (Å²) in [5, 5.41) is 6.73. The zero-order valence-electron chi connectivity index (χ0n) is 11.9. The maximum absolute atomic E-state index is 12.7. The number of carbonyl (C=O) groups excluding carboxylic acids is 1. The van der Waals surface area contributed by atoms with Crippen molar-refractivity contribution >= 4 is 5.91 Å². The van der Waals surface area contributed by atoms with E-state index < -0.39 is 0 Å². The van der Waals surface area contributed by atoms with Crippen molar-refractivity contribution in [3.8, 4) is 0 Å². The molecule has 0 radical (unpaired) electrons. The van der Waals surface area contributed by atoms with Crippen LogP contribution >= 0.6 is 0 Å². The summed E-state index contributed by atoms with van der Waals surface area (Å²) in [5.41, 5.74) is -0.0810. The number of nitrogens with one attached hydrogen (secondary N) is 2. The topological polar surface area (TPSA) is 41.1 Å². The zero-order chi connectivity index (χ0) is 13.0. The minimum atomic E-state index is -0.0810. The Hall–Kier alpha value is -0.570. The molecule has 1 saturated heterocycles. The first-order valence-electron chi connectivity index (χ1n) is 7.69. The lowest BCUT2D eigenvalue weighted by Crippen LogP contribution is -2.50. The number of hydrogen-bond donors (Lipinski definition) is 2. The molecule has 2 N–H and O–H groups in total. The lowest BCUT2D eigenvalue weighted by atomic mass is 9.74. The number of carbonyl (C=O) groups is 1. The Morgan fingerprint density at radius 3 is 2.61 bits per heavy atom. The molecule has 2 fully saturated rings. The molecule has 1 amide bonds. The van der Waals surface area contributed by atoms with Gasteiger partial charge in [0.1, 0.15) is 0 Å². The lowest BCUT2D eigenvalue weighted by molar-refractivity contribution is -0.134. The van der Waals surface area contributed by atoms with E-state index in [-0.39, 0.29) is 5.41 Å². The summed E-state index contributed by atoms with van der Waals surface area (Å²) in [7, 11) is 0. The van der Waals surface area contributed by atoms with E-state index in [0.29, 0.717) is 17.9 Å². The van der Waals surface area contributed by atoms with Gasteiger partial charge in [0.05, 0.1) is 5.41 Å². The van der Waals surface area contributed by atoms with Crippen LogP contribution in [0.5, 0.6) is 0 Å². The third-order valence-corrected chi connectivity index (χ3v) is 4.95. The molecule has 3 heteroatoms. The van der Waals surface area contributed by atoms with E-state index in [0.717, 1.165) is 38.8 Å². The van der Waals surface area contributed by atoms with E-state index in [4.69, 9.17) is 0 Å². The highest BCUT2D eigenvalue weighted by molar-refractivity contribution is 5.83. The van der Waals surface area contributed by atoms with Gasteiger partial charge in [0.15, 0.2) is 0 Å². The predicted octanol–water partition coefficient (Wildman–Crippen LogP) is 2.46. The fraction of sp³-hybridized carbons (Fsp3) is 0.933. The van der Waals surface area contributed by atoms with Crippen molar-refractivity contribution in [1.82, 2.24) is 10.6 Å². The molecule has 18 heavy (non-hydrogen) atoms. The number of piperidine rings is 1. The third kappa shape index (κ3) is 2.87. The summed E-state index contributed by atoms with van der Waals surface area (Å²) in [4.78, 5) is 12.7. The third-order valence-electron chi connectivity index (χ3n) is 4.95. The van der Waals surface area contributed by atoms with Gasteiger partial charge in [-0.25, -0.2) is 0 Å². The van der Waals surface area contributed by atoms with E-state index in [1.165, 1.54) is 19.3 Å². The lowest BCUT2D eigenvalue weighted by Gasteiger charge is -2.37. The van der Waals surface area contributed by atoms with Gasteiger partial charge in [-0.05, 0) is 51.1 Å². The van der Waals surface area contributed by atoms with Gasteiger partial charge >= 0.3 is 0 Å². The number of hydrogen-bond acceptors (Lipinski definition) is 2. The molecule has 0 aromatic rings. The van der Waals surface area contributed by atoms with Gasteiger partial charge in [0, 0.05) is 6.04 Å². The first-order chi connectivity index (χ1) is 8.68. The molecule has 0 bridgehead atoms. The Labute approximate surface area is 111 Å². The van der Waals surface area contributed by atoms with Crippen LogP contribution in [0.2, 0.25) is 0 Å². The van der Waals surface area contributed by atoms with E-state index in [1.807, 2.05) is 0 Å². The average molecular weight is 252 g/mol. The van der Waals surface area contributed by atoms with Crippen LogP contribution in [0, 0.1) is 11.3 Å². The highest BCUT2D eigenvalue weighted by Crippen LogP contribution is 2.35. The van der Waals surface area contributed by atoms with Gasteiger partial charge in [-0.1, -0.05) is 26.7 Å². The fourth-order valence-electron chi connectivity index (χ4n) is 3.66. The molecule has 2 unspecified atom stereocenters. The molecule has 2 atom stereocenters. The Morgan fingerprint density at radius 1 is 1.33 bits per heavy atom. The van der Waals surface area contributed by atoms with Crippen LogP contribution in [0.3, 0.4) is 0 Å². The zero-order valence-corrected chi connectivity index (χ0v) is 11.9. The molecular formula is C15H28N2O. The molecule has 104 valence electrons. The summed E-state index contributed by atoms with van der Waals surface area (Å²) in [6.45, 7) is 6.45. The standard InChI is InChI=1S/C15H28N2O/c1-3-7-15(8-10-16-11-9-15)14(18)17-13-6-4-5-12(13)2/h12-13,16H,3-11H2,1-2H3,(H,17,18). The molecule has 2 rings (SSSR count). The normalized spacial score (nSPS) is 31.2. The summed E-state index contributed by atoms with van der Waals surface area (Å²) < 4.78 is 0. The highest BCUT2D eigenvalue weighted by atomic mass is 16.2. The van der Waals surface area contributed by atoms with Gasteiger partial charge in [0.2, 0.25) is 5.91 Å². The fourth-order valence-corrected chi connectivity index (χ4v) is 3.66. The van der Waals surface area contributed by atoms with Gasteiger partial charge in [-0.3, -0.25) is 4.79 Å². The van der Waals surface area contributed by atoms with E-state index in [1.54, 1.807) is 0 Å². The number of amides is 1. The van der Waals surface area contributed by atoms with Gasteiger partial charge in [-0.2, -0.15) is 0 Å². The Kier molecular flexibility index (Phi) is 4.66. The van der Waals surface area contributed by atoms with Crippen molar-refractivity contribution in [3.63, 3.8) is 0 Å². The van der Waals surface area contributed by atoms with Crippen LogP contribution < -0.4 is 10.6 Å². The largest absolute Gasteiger partial charge is 0.353 e. The van der Waals surface area contributed by atoms with E-state index in [2.05, 4.69) is 24.5 Å². The minimum Gasteiger partial charge on any atom is -0.353 e. The second kappa shape index (κ2) is 6.05. The molecule has 0 aromatic heterocycles. The minimum absolute atomic E-state index is 0.0810. The number of rotatable bonds is 4. The van der Waals surface area contributed by atoms with Crippen LogP contribution in [0.4, 0.5) is 0 Å². The second-order valence-electron chi connectivity index (χ2n) is 6.27. The first kappa shape index (κ1) is 13.9. The van der Waals surface area contributed by atoms with E-state index in [9.17, 15) is 4.79 Å². The van der Waals surface area contributed by atoms with E-state index >= 15 is 0 Å². The maximum atomic E-state index is 12.7. The maximum Gasteiger partial charge on any atom is 0.226 e. The second-order valence-corrected chi connectivity index (χ2v) is 6.27. The summed E-state index contributed by atoms with van der Waals surface area (Å²) in [6, 6.07) is 0.432. The highest BCUT2D eigenvalue weighted by Gasteiger charge is 2.40. The molecule has 3 nitrogen and oxygen atoms in total. The van der Waals surface area contributed by atoms with Crippen LogP contribution in [0.15, 0.2) is 0 Å². The van der Waals surface area contributed by atoms with Crippen molar-refractivity contribution in [2.45, 2.75) is 64.8 Å². The molecule has 2 aliphatic rings. The van der Waals surface area contributed by atoms with Crippen molar-refractivity contribution in [2.24, 2.45) is 11.3 Å². The van der Waals surface area contributed by atoms with Crippen LogP contribution in [-0.2, 0) is 4.79 Å². The quantitative estimate of drug-likeness (QED) is 0.807. The molecule has 0 spiro atoms. The van der Waals surface area contributed by atoms with Crippen molar-refractivity contribution < 1.29 is 4.79 Å². The first-order valence-corrected chi connectivity index (χ1v) is 7.69. The van der Waals surface area contributed by atoms with Crippen LogP contribution in [0.25, 0.3) is 0 Å². The molecule has 1 aliphatic heterocycles. The average Bonchev–Trinajstić information content (AvgIpc) is 2.76. The predicted molar refractivity (Wildman–Crippen MR) is 74.4 cm³/mol. The van der Waals surface area contributed by atoms with Gasteiger partial charge in [-0.15, -0.1) is 0 Å². The Bertz CT molecular complexity index is 279. The summed E-state index contributed by atoms with van der Waals surface area (Å²) in [6.07, 6.45) is 7.88. The van der Waals surface area contributed by atoms with Crippen LogP contribution in [-0.4, -0.2) is 25.0 Å². The molecule has 1 aliphatic carbocycles. The van der Waals surface area contributed by atoms with Crippen molar-refractivity contribution in [1.29, 1.82) is 0 Å². The SMILES string of the molecule is CCCC1(C(=O)NC2CCCC2C)CCNCC1. The van der Waals surface area contributed by atoms with Gasteiger partial charge < -0.3 is 10.6 Å². The summed E-state index contributed by atoms with van der Waals surface area (Å²) in [5.74, 6) is 0.999. The molecule has 1 heterocycles. The Balaban J connectivity index is 1.98. The smallest absolute Gasteiger partial charge is 0.226 e. The van der Waals surface area contributed by atoms with Crippen molar-refractivity contribution in [3.05, 3.63) is 0 Å². The molecular weight excluding hydrogens is 224 g/mol. The van der Waals surface area contributed by atoms with Gasteiger partial charge in [0.25, 0.3) is 0 Å². The molecule has 0 aromatic carbocycles. The summed E-state index contributed by atoms with van der Waals surface area (Å²) >= 11 is 0. The Morgan fingerprint density at radius 2 is 2.06 bits per heavy atom. The monoisotopic (exact) mass is 252 g/mol. The van der Waals surface area contributed by atoms with Crippen molar-refractivity contribution in [2.75, 3.05) is 13.1 Å².